The van der Waals surface area contributed by atoms with Gasteiger partial charge in [-0.05, 0) is 37.1 Å². The number of hydrogen-bond acceptors (Lipinski definition) is 3. The van der Waals surface area contributed by atoms with Gasteiger partial charge in [0.25, 0.3) is 0 Å². The molecule has 1 aromatic rings. The smallest absolute Gasteiger partial charge is 0.245 e. The minimum absolute atomic E-state index is 0.00679. The molecular formula is C21H23BrN2O3. The molecule has 2 amide bonds. The van der Waals surface area contributed by atoms with E-state index in [2.05, 4.69) is 28.4 Å². The summed E-state index contributed by atoms with van der Waals surface area (Å²) in [6, 6.07) is 5.70. The Morgan fingerprint density at radius 3 is 3.00 bits per heavy atom. The summed E-state index contributed by atoms with van der Waals surface area (Å²) in [6.07, 6.45) is 9.15. The first-order chi connectivity index (χ1) is 13.0. The highest BCUT2D eigenvalue weighted by atomic mass is 79.9. The fourth-order valence-electron chi connectivity index (χ4n) is 3.85. The van der Waals surface area contributed by atoms with Crippen LogP contribution in [-0.4, -0.2) is 47.9 Å². The molecule has 6 heteroatoms. The number of hydrogen-bond donors (Lipinski definition) is 0. The van der Waals surface area contributed by atoms with Gasteiger partial charge in [-0.15, -0.1) is 6.42 Å². The quantitative estimate of drug-likeness (QED) is 0.544. The first-order valence-corrected chi connectivity index (χ1v) is 9.92. The van der Waals surface area contributed by atoms with Crippen molar-refractivity contribution in [1.82, 2.24) is 9.80 Å². The van der Waals surface area contributed by atoms with E-state index in [0.717, 1.165) is 28.6 Å². The predicted molar refractivity (Wildman–Crippen MR) is 107 cm³/mol. The molecule has 0 N–H and O–H groups in total. The normalized spacial score (nSPS) is 21.4. The molecule has 2 aliphatic heterocycles. The molecule has 2 atom stereocenters. The van der Waals surface area contributed by atoms with Crippen molar-refractivity contribution in [3.63, 3.8) is 0 Å². The molecule has 0 spiro atoms. The minimum Gasteiger partial charge on any atom is -0.493 e. The second-order valence-corrected chi connectivity index (χ2v) is 7.75. The molecule has 2 aliphatic rings. The van der Waals surface area contributed by atoms with Gasteiger partial charge in [-0.25, -0.2) is 0 Å². The van der Waals surface area contributed by atoms with Gasteiger partial charge < -0.3 is 14.5 Å². The molecule has 142 valence electrons. The SMILES string of the molecule is C#CCN(C(=O)C1CCCN(C(=O)C=C)C1)C1CCOc2ccc(Br)cc21. The van der Waals surface area contributed by atoms with Crippen molar-refractivity contribution in [2.24, 2.45) is 5.92 Å². The summed E-state index contributed by atoms with van der Waals surface area (Å²) in [4.78, 5) is 28.8. The average molecular weight is 431 g/mol. The maximum absolute atomic E-state index is 13.4. The molecule has 5 nitrogen and oxygen atoms in total. The summed E-state index contributed by atoms with van der Waals surface area (Å²) < 4.78 is 6.69. The number of rotatable bonds is 4. The van der Waals surface area contributed by atoms with Crippen LogP contribution in [0.25, 0.3) is 0 Å². The van der Waals surface area contributed by atoms with Gasteiger partial charge in [0.15, 0.2) is 0 Å². The van der Waals surface area contributed by atoms with E-state index in [4.69, 9.17) is 11.2 Å². The lowest BCUT2D eigenvalue weighted by molar-refractivity contribution is -0.141. The lowest BCUT2D eigenvalue weighted by atomic mass is 9.93. The Bertz CT molecular complexity index is 786. The topological polar surface area (TPSA) is 49.9 Å². The van der Waals surface area contributed by atoms with E-state index in [9.17, 15) is 9.59 Å². The highest BCUT2D eigenvalue weighted by Crippen LogP contribution is 2.38. The van der Waals surface area contributed by atoms with E-state index < -0.39 is 0 Å². The summed E-state index contributed by atoms with van der Waals surface area (Å²) in [5.41, 5.74) is 0.967. The van der Waals surface area contributed by atoms with Crippen molar-refractivity contribution >= 4 is 27.7 Å². The Labute approximate surface area is 168 Å². The van der Waals surface area contributed by atoms with Gasteiger partial charge in [0, 0.05) is 29.5 Å². The van der Waals surface area contributed by atoms with Gasteiger partial charge in [0.1, 0.15) is 5.75 Å². The van der Waals surface area contributed by atoms with Crippen molar-refractivity contribution in [3.05, 3.63) is 40.9 Å². The van der Waals surface area contributed by atoms with Crippen LogP contribution in [-0.2, 0) is 9.59 Å². The highest BCUT2D eigenvalue weighted by Gasteiger charge is 2.36. The van der Waals surface area contributed by atoms with Gasteiger partial charge >= 0.3 is 0 Å². The number of nitrogens with zero attached hydrogens (tertiary/aromatic N) is 2. The molecule has 0 radical (unpaired) electrons. The van der Waals surface area contributed by atoms with Gasteiger partial charge in [-0.3, -0.25) is 9.59 Å². The first-order valence-electron chi connectivity index (χ1n) is 9.12. The van der Waals surface area contributed by atoms with Crippen LogP contribution in [0, 0.1) is 18.3 Å². The van der Waals surface area contributed by atoms with Gasteiger partial charge in [-0.1, -0.05) is 28.4 Å². The lowest BCUT2D eigenvalue weighted by Crippen LogP contribution is -2.48. The van der Waals surface area contributed by atoms with Gasteiger partial charge in [-0.2, -0.15) is 0 Å². The molecule has 2 heterocycles. The Balaban J connectivity index is 1.85. The third-order valence-electron chi connectivity index (χ3n) is 5.16. The Morgan fingerprint density at radius 1 is 1.44 bits per heavy atom. The number of benzene rings is 1. The van der Waals surface area contributed by atoms with Crippen LogP contribution in [0.1, 0.15) is 30.9 Å². The lowest BCUT2D eigenvalue weighted by Gasteiger charge is -2.39. The van der Waals surface area contributed by atoms with E-state index in [1.165, 1.54) is 6.08 Å². The first kappa shape index (κ1) is 19.5. The van der Waals surface area contributed by atoms with Crippen LogP contribution >= 0.6 is 15.9 Å². The largest absolute Gasteiger partial charge is 0.493 e. The molecule has 0 saturated carbocycles. The van der Waals surface area contributed by atoms with Crippen molar-refractivity contribution in [2.45, 2.75) is 25.3 Å². The van der Waals surface area contributed by atoms with Crippen LogP contribution in [0.3, 0.4) is 0 Å². The van der Waals surface area contributed by atoms with E-state index in [1.54, 1.807) is 9.80 Å². The van der Waals surface area contributed by atoms with Crippen LogP contribution < -0.4 is 4.74 Å². The number of ether oxygens (including phenoxy) is 1. The fourth-order valence-corrected chi connectivity index (χ4v) is 4.23. The average Bonchev–Trinajstić information content (AvgIpc) is 2.70. The zero-order valence-corrected chi connectivity index (χ0v) is 16.8. The van der Waals surface area contributed by atoms with Crippen molar-refractivity contribution in [1.29, 1.82) is 0 Å². The number of terminal acetylenes is 1. The standard InChI is InChI=1S/C21H23BrN2O3/c1-3-10-24(18-9-12-27-19-8-7-16(22)13-17(18)19)21(26)15-6-5-11-23(14-15)20(25)4-2/h1,4,7-8,13,15,18H,2,5-6,9-12,14H2. The Kier molecular flexibility index (Phi) is 6.22. The van der Waals surface area contributed by atoms with Crippen molar-refractivity contribution < 1.29 is 14.3 Å². The zero-order chi connectivity index (χ0) is 19.4. The molecular weight excluding hydrogens is 408 g/mol. The number of amides is 2. The number of fused-ring (bicyclic) bond motifs is 1. The molecule has 0 bridgehead atoms. The summed E-state index contributed by atoms with van der Waals surface area (Å²) >= 11 is 3.50. The molecule has 2 unspecified atom stereocenters. The highest BCUT2D eigenvalue weighted by molar-refractivity contribution is 9.10. The molecule has 1 fully saturated rings. The number of halogens is 1. The van der Waals surface area contributed by atoms with Crippen molar-refractivity contribution in [2.75, 3.05) is 26.2 Å². The molecule has 3 rings (SSSR count). The second kappa shape index (κ2) is 8.62. The summed E-state index contributed by atoms with van der Waals surface area (Å²) in [7, 11) is 0. The molecule has 1 aromatic carbocycles. The summed E-state index contributed by atoms with van der Waals surface area (Å²) in [5.74, 6) is 3.06. The number of piperidine rings is 1. The maximum Gasteiger partial charge on any atom is 0.245 e. The van der Waals surface area contributed by atoms with E-state index in [1.807, 2.05) is 18.2 Å². The second-order valence-electron chi connectivity index (χ2n) is 6.83. The maximum atomic E-state index is 13.4. The Morgan fingerprint density at radius 2 is 2.26 bits per heavy atom. The third kappa shape index (κ3) is 4.19. The minimum atomic E-state index is -0.241. The number of likely N-dealkylation sites (tertiary alicyclic amines) is 1. The molecule has 27 heavy (non-hydrogen) atoms. The van der Waals surface area contributed by atoms with Crippen LogP contribution in [0.2, 0.25) is 0 Å². The summed E-state index contributed by atoms with van der Waals surface area (Å²) in [5, 5.41) is 0. The van der Waals surface area contributed by atoms with Crippen LogP contribution in [0.5, 0.6) is 5.75 Å². The molecule has 0 aliphatic carbocycles. The van der Waals surface area contributed by atoms with Crippen LogP contribution in [0.4, 0.5) is 0 Å². The van der Waals surface area contributed by atoms with E-state index in [-0.39, 0.29) is 30.3 Å². The summed E-state index contributed by atoms with van der Waals surface area (Å²) in [6.45, 7) is 5.40. The molecule has 1 saturated heterocycles. The van der Waals surface area contributed by atoms with E-state index in [0.29, 0.717) is 26.1 Å². The third-order valence-corrected chi connectivity index (χ3v) is 5.65. The van der Waals surface area contributed by atoms with Gasteiger partial charge in [0.2, 0.25) is 11.8 Å². The van der Waals surface area contributed by atoms with Crippen molar-refractivity contribution in [3.8, 4) is 18.1 Å². The van der Waals surface area contributed by atoms with Gasteiger partial charge in [0.05, 0.1) is 25.1 Å². The predicted octanol–water partition coefficient (Wildman–Crippen LogP) is 3.16. The molecule has 0 aromatic heterocycles. The van der Waals surface area contributed by atoms with Crippen LogP contribution in [0.15, 0.2) is 35.3 Å². The Hall–Kier alpha value is -2.26. The van der Waals surface area contributed by atoms with E-state index >= 15 is 0 Å². The fraction of sp³-hybridized carbons (Fsp3) is 0.429. The number of carbonyl (C=O) groups excluding carboxylic acids is 2. The monoisotopic (exact) mass is 430 g/mol. The zero-order valence-electron chi connectivity index (χ0n) is 15.2. The number of carbonyl (C=O) groups is 2.